The number of hydrogen-bond donors (Lipinski definition) is 1. The Morgan fingerprint density at radius 2 is 2.25 bits per heavy atom. The van der Waals surface area contributed by atoms with Crippen molar-refractivity contribution < 1.29 is 9.53 Å². The predicted molar refractivity (Wildman–Crippen MR) is 63.1 cm³/mol. The SMILES string of the molecule is CCOC(=O)c1c(C)c2cscc2[nH]c1=O. The van der Waals surface area contributed by atoms with Crippen LogP contribution in [0.1, 0.15) is 22.8 Å². The standard InChI is InChI=1S/C11H11NO3S/c1-3-15-11(14)9-6(2)7-4-16-5-8(7)12-10(9)13/h4-5H,3H2,1-2H3,(H,12,13). The van der Waals surface area contributed by atoms with E-state index in [9.17, 15) is 9.59 Å². The van der Waals surface area contributed by atoms with Crippen molar-refractivity contribution in [3.63, 3.8) is 0 Å². The largest absolute Gasteiger partial charge is 0.462 e. The minimum Gasteiger partial charge on any atom is -0.462 e. The second-order valence-electron chi connectivity index (χ2n) is 3.37. The zero-order valence-corrected chi connectivity index (χ0v) is 9.81. The quantitative estimate of drug-likeness (QED) is 0.813. The van der Waals surface area contributed by atoms with Crippen LogP contribution in [-0.4, -0.2) is 17.6 Å². The molecule has 1 N–H and O–H groups in total. The van der Waals surface area contributed by atoms with Gasteiger partial charge in [0.2, 0.25) is 0 Å². The Balaban J connectivity index is 2.68. The molecule has 0 amide bonds. The Morgan fingerprint density at radius 1 is 1.50 bits per heavy atom. The molecule has 2 aromatic rings. The number of aryl methyl sites for hydroxylation is 1. The van der Waals surface area contributed by atoms with E-state index in [1.54, 1.807) is 13.8 Å². The van der Waals surface area contributed by atoms with Crippen LogP contribution in [0.15, 0.2) is 15.6 Å². The molecule has 0 saturated heterocycles. The van der Waals surface area contributed by atoms with Gasteiger partial charge in [0.05, 0.1) is 12.1 Å². The van der Waals surface area contributed by atoms with Crippen molar-refractivity contribution in [2.75, 3.05) is 6.61 Å². The summed E-state index contributed by atoms with van der Waals surface area (Å²) in [4.78, 5) is 26.0. The molecule has 0 saturated carbocycles. The van der Waals surface area contributed by atoms with Crippen LogP contribution in [0.2, 0.25) is 0 Å². The number of nitrogens with one attached hydrogen (secondary N) is 1. The molecule has 0 spiro atoms. The first-order chi connectivity index (χ1) is 7.65. The third-order valence-corrected chi connectivity index (χ3v) is 3.14. The number of H-pyrrole nitrogens is 1. The summed E-state index contributed by atoms with van der Waals surface area (Å²) in [6, 6.07) is 0. The van der Waals surface area contributed by atoms with Crippen LogP contribution in [-0.2, 0) is 4.74 Å². The highest BCUT2D eigenvalue weighted by molar-refractivity contribution is 7.09. The second-order valence-corrected chi connectivity index (χ2v) is 4.12. The Hall–Kier alpha value is -1.62. The molecule has 0 aliphatic rings. The van der Waals surface area contributed by atoms with Crippen LogP contribution in [0.3, 0.4) is 0 Å². The van der Waals surface area contributed by atoms with Crippen molar-refractivity contribution in [3.8, 4) is 0 Å². The van der Waals surface area contributed by atoms with Crippen LogP contribution in [0.25, 0.3) is 10.9 Å². The number of aromatic amines is 1. The van der Waals surface area contributed by atoms with E-state index in [1.807, 2.05) is 10.8 Å². The van der Waals surface area contributed by atoms with Gasteiger partial charge in [-0.15, -0.1) is 11.3 Å². The molecule has 2 heterocycles. The first kappa shape index (κ1) is 10.9. The third kappa shape index (κ3) is 1.63. The summed E-state index contributed by atoms with van der Waals surface area (Å²) in [5, 5.41) is 4.65. The number of aromatic nitrogens is 1. The highest BCUT2D eigenvalue weighted by Crippen LogP contribution is 2.21. The first-order valence-electron chi connectivity index (χ1n) is 4.91. The fourth-order valence-electron chi connectivity index (χ4n) is 1.62. The maximum absolute atomic E-state index is 11.7. The topological polar surface area (TPSA) is 59.2 Å². The smallest absolute Gasteiger partial charge is 0.344 e. The van der Waals surface area contributed by atoms with Crippen molar-refractivity contribution >= 4 is 28.2 Å². The first-order valence-corrected chi connectivity index (χ1v) is 5.85. The number of thiophene rings is 1. The number of hydrogen-bond acceptors (Lipinski definition) is 4. The number of rotatable bonds is 2. The molecular formula is C11H11NO3S. The van der Waals surface area contributed by atoms with Crippen molar-refractivity contribution in [2.45, 2.75) is 13.8 Å². The van der Waals surface area contributed by atoms with E-state index in [4.69, 9.17) is 4.74 Å². The fraction of sp³-hybridized carbons (Fsp3) is 0.273. The van der Waals surface area contributed by atoms with Crippen LogP contribution < -0.4 is 5.56 Å². The van der Waals surface area contributed by atoms with Gasteiger partial charge in [0.1, 0.15) is 5.56 Å². The Morgan fingerprint density at radius 3 is 2.94 bits per heavy atom. The van der Waals surface area contributed by atoms with E-state index in [2.05, 4.69) is 4.98 Å². The summed E-state index contributed by atoms with van der Waals surface area (Å²) >= 11 is 1.49. The molecule has 0 aromatic carbocycles. The van der Waals surface area contributed by atoms with E-state index in [1.165, 1.54) is 11.3 Å². The number of esters is 1. The summed E-state index contributed by atoms with van der Waals surface area (Å²) < 4.78 is 4.86. The maximum Gasteiger partial charge on any atom is 0.344 e. The summed E-state index contributed by atoms with van der Waals surface area (Å²) in [5.41, 5.74) is 1.16. The van der Waals surface area contributed by atoms with Gasteiger partial charge >= 0.3 is 5.97 Å². The Kier molecular flexibility index (Phi) is 2.78. The van der Waals surface area contributed by atoms with Crippen LogP contribution in [0.4, 0.5) is 0 Å². The van der Waals surface area contributed by atoms with Crippen molar-refractivity contribution in [1.82, 2.24) is 4.98 Å². The highest BCUT2D eigenvalue weighted by atomic mass is 32.1. The van der Waals surface area contributed by atoms with Gasteiger partial charge in [-0.1, -0.05) is 0 Å². The van der Waals surface area contributed by atoms with Gasteiger partial charge in [-0.3, -0.25) is 4.79 Å². The van der Waals surface area contributed by atoms with E-state index >= 15 is 0 Å². The highest BCUT2D eigenvalue weighted by Gasteiger charge is 2.17. The molecule has 0 atom stereocenters. The lowest BCUT2D eigenvalue weighted by atomic mass is 10.1. The number of carbonyl (C=O) groups excluding carboxylic acids is 1. The number of pyridine rings is 1. The third-order valence-electron chi connectivity index (χ3n) is 2.40. The molecule has 16 heavy (non-hydrogen) atoms. The molecule has 4 nitrogen and oxygen atoms in total. The summed E-state index contributed by atoms with van der Waals surface area (Å²) in [7, 11) is 0. The van der Waals surface area contributed by atoms with Gasteiger partial charge < -0.3 is 9.72 Å². The fourth-order valence-corrected chi connectivity index (χ4v) is 2.45. The second kappa shape index (κ2) is 4.09. The lowest BCUT2D eigenvalue weighted by molar-refractivity contribution is 0.0523. The molecule has 0 bridgehead atoms. The van der Waals surface area contributed by atoms with Gasteiger partial charge in [0.25, 0.3) is 5.56 Å². The van der Waals surface area contributed by atoms with Crippen molar-refractivity contribution in [1.29, 1.82) is 0 Å². The predicted octanol–water partition coefficient (Wildman–Crippen LogP) is 2.07. The molecule has 84 valence electrons. The zero-order chi connectivity index (χ0) is 11.7. The number of ether oxygens (including phenoxy) is 1. The molecule has 0 aliphatic carbocycles. The molecule has 0 unspecified atom stereocenters. The Labute approximate surface area is 95.9 Å². The van der Waals surface area contributed by atoms with Gasteiger partial charge in [0.15, 0.2) is 0 Å². The lowest BCUT2D eigenvalue weighted by Crippen LogP contribution is -2.21. The molecule has 0 radical (unpaired) electrons. The average Bonchev–Trinajstić information content (AvgIpc) is 2.66. The van der Waals surface area contributed by atoms with Crippen LogP contribution in [0.5, 0.6) is 0 Å². The normalized spacial score (nSPS) is 10.6. The molecule has 2 rings (SSSR count). The van der Waals surface area contributed by atoms with Crippen molar-refractivity contribution in [3.05, 3.63) is 32.2 Å². The molecule has 5 heteroatoms. The monoisotopic (exact) mass is 237 g/mol. The Bertz CT molecular complexity index is 597. The van der Waals surface area contributed by atoms with Gasteiger partial charge in [-0.2, -0.15) is 0 Å². The summed E-state index contributed by atoms with van der Waals surface area (Å²) in [5.74, 6) is -0.561. The lowest BCUT2D eigenvalue weighted by Gasteiger charge is -2.05. The van der Waals surface area contributed by atoms with Gasteiger partial charge in [-0.05, 0) is 19.4 Å². The van der Waals surface area contributed by atoms with E-state index in [0.717, 1.165) is 10.9 Å². The molecule has 0 aliphatic heterocycles. The van der Waals surface area contributed by atoms with E-state index < -0.39 is 5.97 Å². The molecule has 2 aromatic heterocycles. The summed E-state index contributed by atoms with van der Waals surface area (Å²) in [6.45, 7) is 3.74. The number of carbonyl (C=O) groups is 1. The zero-order valence-electron chi connectivity index (χ0n) is 8.99. The summed E-state index contributed by atoms with van der Waals surface area (Å²) in [6.07, 6.45) is 0. The average molecular weight is 237 g/mol. The van der Waals surface area contributed by atoms with Crippen LogP contribution >= 0.6 is 11.3 Å². The number of fused-ring (bicyclic) bond motifs is 1. The van der Waals surface area contributed by atoms with Gasteiger partial charge in [-0.25, -0.2) is 4.79 Å². The van der Waals surface area contributed by atoms with E-state index in [0.29, 0.717) is 5.56 Å². The molecule has 0 fully saturated rings. The van der Waals surface area contributed by atoms with E-state index in [-0.39, 0.29) is 17.7 Å². The minimum atomic E-state index is -0.561. The molecular weight excluding hydrogens is 226 g/mol. The van der Waals surface area contributed by atoms with Gasteiger partial charge in [0, 0.05) is 16.1 Å². The van der Waals surface area contributed by atoms with Crippen molar-refractivity contribution in [2.24, 2.45) is 0 Å². The van der Waals surface area contributed by atoms with Crippen LogP contribution in [0, 0.1) is 6.92 Å². The minimum absolute atomic E-state index is 0.104. The maximum atomic E-state index is 11.7.